The van der Waals surface area contributed by atoms with Crippen molar-refractivity contribution in [2.45, 2.75) is 18.3 Å². The van der Waals surface area contributed by atoms with Crippen molar-refractivity contribution in [3.05, 3.63) is 70.7 Å². The van der Waals surface area contributed by atoms with Gasteiger partial charge in [0.1, 0.15) is 0 Å². The third kappa shape index (κ3) is 3.86. The Morgan fingerprint density at radius 2 is 1.50 bits per heavy atom. The van der Waals surface area contributed by atoms with Gasteiger partial charge in [0.25, 0.3) is 0 Å². The molecule has 0 saturated carbocycles. The van der Waals surface area contributed by atoms with Gasteiger partial charge in [-0.25, -0.2) is 0 Å². The van der Waals surface area contributed by atoms with E-state index >= 15 is 0 Å². The molecule has 2 N–H and O–H groups in total. The summed E-state index contributed by atoms with van der Waals surface area (Å²) < 4.78 is 0. The van der Waals surface area contributed by atoms with Gasteiger partial charge in [0, 0.05) is 10.9 Å². The normalized spacial score (nSPS) is 13.3. The molecule has 0 aromatic heterocycles. The van der Waals surface area contributed by atoms with Crippen LogP contribution >= 0.6 is 11.6 Å². The van der Waals surface area contributed by atoms with Gasteiger partial charge in [-0.3, -0.25) is 9.59 Å². The van der Waals surface area contributed by atoms with E-state index in [-0.39, 0.29) is 6.42 Å². The van der Waals surface area contributed by atoms with Crippen molar-refractivity contribution in [1.82, 2.24) is 0 Å². The second kappa shape index (κ2) is 7.09. The minimum atomic E-state index is -1.06. The summed E-state index contributed by atoms with van der Waals surface area (Å²) in [6.07, 6.45) is -0.260. The molecule has 0 saturated heterocycles. The van der Waals surface area contributed by atoms with E-state index in [4.69, 9.17) is 16.7 Å². The molecule has 114 valence electrons. The van der Waals surface area contributed by atoms with E-state index in [1.165, 1.54) is 0 Å². The fourth-order valence-electron chi connectivity index (χ4n) is 2.53. The zero-order chi connectivity index (χ0) is 16.1. The van der Waals surface area contributed by atoms with E-state index in [2.05, 4.69) is 0 Å². The second-order valence-electron chi connectivity index (χ2n) is 4.98. The first-order valence-corrected chi connectivity index (χ1v) is 7.12. The summed E-state index contributed by atoms with van der Waals surface area (Å²) in [7, 11) is 0. The first-order valence-electron chi connectivity index (χ1n) is 6.74. The lowest BCUT2D eigenvalue weighted by molar-refractivity contribution is -0.140. The number of carboxylic acids is 2. The van der Waals surface area contributed by atoms with Gasteiger partial charge in [0.15, 0.2) is 0 Å². The number of halogens is 1. The molecule has 0 heterocycles. The molecule has 2 aromatic carbocycles. The summed E-state index contributed by atoms with van der Waals surface area (Å²) in [6, 6.07) is 15.3. The smallest absolute Gasteiger partial charge is 0.311 e. The molecule has 0 radical (unpaired) electrons. The fourth-order valence-corrected chi connectivity index (χ4v) is 2.66. The van der Waals surface area contributed by atoms with E-state index in [0.29, 0.717) is 16.1 Å². The zero-order valence-electron chi connectivity index (χ0n) is 11.6. The van der Waals surface area contributed by atoms with Crippen LogP contribution in [0.3, 0.4) is 0 Å². The predicted octanol–water partition coefficient (Wildman–Crippen LogP) is 3.77. The Morgan fingerprint density at radius 1 is 0.909 bits per heavy atom. The fraction of sp³-hybridized carbons (Fsp3) is 0.176. The van der Waals surface area contributed by atoms with E-state index in [1.54, 1.807) is 54.6 Å². The molecule has 0 spiro atoms. The quantitative estimate of drug-likeness (QED) is 0.850. The Kier molecular flexibility index (Phi) is 5.17. The van der Waals surface area contributed by atoms with E-state index in [9.17, 15) is 14.7 Å². The maximum atomic E-state index is 11.8. The molecule has 22 heavy (non-hydrogen) atoms. The van der Waals surface area contributed by atoms with Gasteiger partial charge in [-0.15, -0.1) is 0 Å². The lowest BCUT2D eigenvalue weighted by Crippen LogP contribution is -2.22. The van der Waals surface area contributed by atoms with Crippen molar-refractivity contribution in [1.29, 1.82) is 0 Å². The van der Waals surface area contributed by atoms with Crippen molar-refractivity contribution in [2.75, 3.05) is 0 Å². The van der Waals surface area contributed by atoms with Gasteiger partial charge >= 0.3 is 11.9 Å². The highest BCUT2D eigenvalue weighted by molar-refractivity contribution is 6.30. The average molecular weight is 319 g/mol. The Labute approximate surface area is 133 Å². The number of rotatable bonds is 6. The van der Waals surface area contributed by atoms with Crippen LogP contribution in [0.5, 0.6) is 0 Å². The van der Waals surface area contributed by atoms with Crippen LogP contribution in [-0.4, -0.2) is 22.2 Å². The lowest BCUT2D eigenvalue weighted by atomic mass is 9.79. The van der Waals surface area contributed by atoms with Crippen LogP contribution in [0.2, 0.25) is 5.02 Å². The molecule has 0 fully saturated rings. The van der Waals surface area contributed by atoms with E-state index in [1.807, 2.05) is 0 Å². The Morgan fingerprint density at radius 3 is 2.00 bits per heavy atom. The largest absolute Gasteiger partial charge is 0.481 e. The summed E-state index contributed by atoms with van der Waals surface area (Å²) in [4.78, 5) is 22.9. The van der Waals surface area contributed by atoms with Crippen LogP contribution < -0.4 is 0 Å². The zero-order valence-corrected chi connectivity index (χ0v) is 12.4. The number of benzene rings is 2. The van der Waals surface area contributed by atoms with Crippen LogP contribution in [0.15, 0.2) is 54.6 Å². The Bertz CT molecular complexity index is 652. The molecule has 0 amide bonds. The minimum absolute atomic E-state index is 0.260. The highest BCUT2D eigenvalue weighted by atomic mass is 35.5. The Balaban J connectivity index is 2.47. The molecule has 0 bridgehead atoms. The molecule has 4 nitrogen and oxygen atoms in total. The number of carboxylic acid groups (broad SMARTS) is 2. The lowest BCUT2D eigenvalue weighted by Gasteiger charge is -2.23. The summed E-state index contributed by atoms with van der Waals surface area (Å²) in [5.74, 6) is -3.69. The first kappa shape index (κ1) is 16.0. The van der Waals surface area contributed by atoms with Gasteiger partial charge in [-0.05, 0) is 23.3 Å². The number of carbonyl (C=O) groups is 2. The maximum Gasteiger partial charge on any atom is 0.311 e. The monoisotopic (exact) mass is 318 g/mol. The van der Waals surface area contributed by atoms with Crippen molar-refractivity contribution in [3.63, 3.8) is 0 Å². The van der Waals surface area contributed by atoms with Crippen LogP contribution in [0.1, 0.15) is 29.4 Å². The summed E-state index contributed by atoms with van der Waals surface area (Å²) >= 11 is 5.84. The third-order valence-electron chi connectivity index (χ3n) is 3.52. The molecule has 5 heteroatoms. The topological polar surface area (TPSA) is 74.6 Å². The molecule has 2 unspecified atom stereocenters. The number of hydrogen-bond acceptors (Lipinski definition) is 2. The van der Waals surface area contributed by atoms with Gasteiger partial charge in [-0.1, -0.05) is 54.1 Å². The van der Waals surface area contributed by atoms with Gasteiger partial charge in [0.05, 0.1) is 12.3 Å². The Hall–Kier alpha value is -2.33. The van der Waals surface area contributed by atoms with Crippen LogP contribution in [0, 0.1) is 0 Å². The molecule has 0 aliphatic rings. The highest BCUT2D eigenvalue weighted by Gasteiger charge is 2.32. The van der Waals surface area contributed by atoms with Crippen molar-refractivity contribution >= 4 is 23.5 Å². The number of hydrogen-bond donors (Lipinski definition) is 2. The molecule has 2 aromatic rings. The molecule has 0 aliphatic carbocycles. The third-order valence-corrected chi connectivity index (χ3v) is 3.77. The van der Waals surface area contributed by atoms with Gasteiger partial charge < -0.3 is 10.2 Å². The molecular weight excluding hydrogens is 304 g/mol. The standard InChI is InChI=1S/C17H15ClO4/c18-13-8-6-12(7-9-13)16(17(21)22)14(10-15(19)20)11-4-2-1-3-5-11/h1-9,14,16H,10H2,(H,19,20)(H,21,22). The van der Waals surface area contributed by atoms with Crippen LogP contribution in [-0.2, 0) is 9.59 Å². The van der Waals surface area contributed by atoms with E-state index in [0.717, 1.165) is 0 Å². The van der Waals surface area contributed by atoms with Gasteiger partial charge in [-0.2, -0.15) is 0 Å². The molecular formula is C17H15ClO4. The predicted molar refractivity (Wildman–Crippen MR) is 83.3 cm³/mol. The molecule has 0 aliphatic heterocycles. The van der Waals surface area contributed by atoms with Crippen molar-refractivity contribution in [2.24, 2.45) is 0 Å². The molecule has 2 atom stereocenters. The number of aliphatic carboxylic acids is 2. The summed E-state index contributed by atoms with van der Waals surface area (Å²) in [5.41, 5.74) is 1.22. The highest BCUT2D eigenvalue weighted by Crippen LogP contribution is 2.36. The van der Waals surface area contributed by atoms with Crippen molar-refractivity contribution < 1.29 is 19.8 Å². The van der Waals surface area contributed by atoms with Crippen LogP contribution in [0.4, 0.5) is 0 Å². The van der Waals surface area contributed by atoms with Crippen molar-refractivity contribution in [3.8, 4) is 0 Å². The summed E-state index contributed by atoms with van der Waals surface area (Å²) in [6.45, 7) is 0. The van der Waals surface area contributed by atoms with E-state index < -0.39 is 23.8 Å². The van der Waals surface area contributed by atoms with Gasteiger partial charge in [0.2, 0.25) is 0 Å². The van der Waals surface area contributed by atoms with Crippen LogP contribution in [0.25, 0.3) is 0 Å². The second-order valence-corrected chi connectivity index (χ2v) is 5.42. The average Bonchev–Trinajstić information content (AvgIpc) is 2.49. The SMILES string of the molecule is O=C(O)CC(c1ccccc1)C(C(=O)O)c1ccc(Cl)cc1. The molecule has 2 rings (SSSR count). The summed E-state index contributed by atoms with van der Waals surface area (Å²) in [5, 5.41) is 19.3. The first-order chi connectivity index (χ1) is 10.5. The maximum absolute atomic E-state index is 11.8. The minimum Gasteiger partial charge on any atom is -0.481 e.